The number of hydrogen-bond acceptors (Lipinski definition) is 5. The van der Waals surface area contributed by atoms with E-state index in [0.29, 0.717) is 28.6 Å². The molecule has 27 heavy (non-hydrogen) atoms. The zero-order valence-corrected chi connectivity index (χ0v) is 16.0. The highest BCUT2D eigenvalue weighted by Gasteiger charge is 2.39. The van der Waals surface area contributed by atoms with Crippen molar-refractivity contribution in [1.82, 2.24) is 4.90 Å². The molecule has 0 aromatic heterocycles. The van der Waals surface area contributed by atoms with E-state index in [1.54, 1.807) is 34.5 Å². The van der Waals surface area contributed by atoms with Gasteiger partial charge in [-0.3, -0.25) is 4.79 Å². The molecule has 0 radical (unpaired) electrons. The van der Waals surface area contributed by atoms with E-state index in [-0.39, 0.29) is 11.9 Å². The average Bonchev–Trinajstić information content (AvgIpc) is 3.17. The van der Waals surface area contributed by atoms with Gasteiger partial charge in [-0.2, -0.15) is 0 Å². The quantitative estimate of drug-likeness (QED) is 0.823. The zero-order chi connectivity index (χ0) is 19.1. The fourth-order valence-corrected chi connectivity index (χ4v) is 4.25. The third-order valence-electron chi connectivity index (χ3n) is 5.47. The Bertz CT molecular complexity index is 908. The SMILES string of the molecule is COc1cc2c(cc1OC)-c1c(ccc(OC)c1OC)C1CCCN1C2=O. The second-order valence-corrected chi connectivity index (χ2v) is 6.67. The molecule has 6 heteroatoms. The molecule has 2 heterocycles. The normalized spacial score (nSPS) is 17.6. The molecular formula is C21H23NO5. The van der Waals surface area contributed by atoms with Gasteiger partial charge in [0.25, 0.3) is 5.91 Å². The largest absolute Gasteiger partial charge is 0.493 e. The Hall–Kier alpha value is -2.89. The number of methoxy groups -OCH3 is 4. The van der Waals surface area contributed by atoms with Crippen molar-refractivity contribution in [3.8, 4) is 34.1 Å². The molecule has 1 atom stereocenters. The molecule has 2 aliphatic rings. The molecule has 0 spiro atoms. The van der Waals surface area contributed by atoms with Gasteiger partial charge in [-0.1, -0.05) is 6.07 Å². The lowest BCUT2D eigenvalue weighted by molar-refractivity contribution is 0.0739. The third-order valence-corrected chi connectivity index (χ3v) is 5.47. The van der Waals surface area contributed by atoms with E-state index in [9.17, 15) is 4.79 Å². The topological polar surface area (TPSA) is 57.2 Å². The highest BCUT2D eigenvalue weighted by Crippen LogP contribution is 2.51. The highest BCUT2D eigenvalue weighted by atomic mass is 16.5. The maximum atomic E-state index is 13.4. The van der Waals surface area contributed by atoms with Gasteiger partial charge < -0.3 is 23.8 Å². The molecule has 0 aliphatic carbocycles. The Balaban J connectivity index is 2.10. The maximum absolute atomic E-state index is 13.4. The molecule has 1 amide bonds. The van der Waals surface area contributed by atoms with Gasteiger partial charge >= 0.3 is 0 Å². The number of hydrogen-bond donors (Lipinski definition) is 0. The Morgan fingerprint density at radius 2 is 1.56 bits per heavy atom. The molecule has 0 N–H and O–H groups in total. The molecule has 4 rings (SSSR count). The number of rotatable bonds is 4. The summed E-state index contributed by atoms with van der Waals surface area (Å²) in [7, 11) is 6.40. The fraction of sp³-hybridized carbons (Fsp3) is 0.381. The van der Waals surface area contributed by atoms with Crippen LogP contribution < -0.4 is 18.9 Å². The van der Waals surface area contributed by atoms with Gasteiger partial charge in [0.1, 0.15) is 0 Å². The molecule has 0 bridgehead atoms. The first kappa shape index (κ1) is 17.5. The molecular weight excluding hydrogens is 346 g/mol. The van der Waals surface area contributed by atoms with Crippen molar-refractivity contribution < 1.29 is 23.7 Å². The lowest BCUT2D eigenvalue weighted by Crippen LogP contribution is -2.29. The van der Waals surface area contributed by atoms with Crippen molar-refractivity contribution >= 4 is 5.91 Å². The van der Waals surface area contributed by atoms with Crippen LogP contribution >= 0.6 is 0 Å². The lowest BCUT2D eigenvalue weighted by Gasteiger charge is -2.24. The summed E-state index contributed by atoms with van der Waals surface area (Å²) in [5.41, 5.74) is 3.32. The van der Waals surface area contributed by atoms with Crippen LogP contribution in [0.25, 0.3) is 11.1 Å². The number of ether oxygens (including phenoxy) is 4. The second-order valence-electron chi connectivity index (χ2n) is 6.67. The minimum absolute atomic E-state index is 0.00525. The van der Waals surface area contributed by atoms with Gasteiger partial charge in [0, 0.05) is 17.7 Å². The lowest BCUT2D eigenvalue weighted by atomic mass is 9.91. The van der Waals surface area contributed by atoms with Crippen molar-refractivity contribution in [2.75, 3.05) is 35.0 Å². The highest BCUT2D eigenvalue weighted by molar-refractivity contribution is 6.05. The molecule has 1 unspecified atom stereocenters. The van der Waals surface area contributed by atoms with Gasteiger partial charge in [-0.15, -0.1) is 0 Å². The summed E-state index contributed by atoms with van der Waals surface area (Å²) < 4.78 is 22.2. The smallest absolute Gasteiger partial charge is 0.255 e. The van der Waals surface area contributed by atoms with Crippen LogP contribution in [0, 0.1) is 0 Å². The van der Waals surface area contributed by atoms with Gasteiger partial charge in [0.2, 0.25) is 0 Å². The zero-order valence-electron chi connectivity index (χ0n) is 16.0. The van der Waals surface area contributed by atoms with Crippen LogP contribution in [0.15, 0.2) is 24.3 Å². The van der Waals surface area contributed by atoms with Crippen LogP contribution in [0.1, 0.15) is 34.8 Å². The summed E-state index contributed by atoms with van der Waals surface area (Å²) in [5, 5.41) is 0. The number of carbonyl (C=O) groups excluding carboxylic acids is 1. The van der Waals surface area contributed by atoms with Crippen molar-refractivity contribution in [3.05, 3.63) is 35.4 Å². The minimum atomic E-state index is 0.00525. The van der Waals surface area contributed by atoms with Crippen molar-refractivity contribution in [2.24, 2.45) is 0 Å². The summed E-state index contributed by atoms with van der Waals surface area (Å²) in [6.07, 6.45) is 1.91. The first-order chi connectivity index (χ1) is 13.1. The van der Waals surface area contributed by atoms with Gasteiger partial charge in [-0.25, -0.2) is 0 Å². The number of amides is 1. The minimum Gasteiger partial charge on any atom is -0.493 e. The third kappa shape index (κ3) is 2.51. The standard InChI is InChI=1S/C21H23NO5/c1-24-16-8-7-12-15-6-5-9-22(15)21(23)14-11-18(26-3)17(25-2)10-13(14)19(12)20(16)27-4/h7-8,10-11,15H,5-6,9H2,1-4H3. The van der Waals surface area contributed by atoms with E-state index in [4.69, 9.17) is 18.9 Å². The monoisotopic (exact) mass is 369 g/mol. The molecule has 2 aliphatic heterocycles. The summed E-state index contributed by atoms with van der Waals surface area (Å²) >= 11 is 0. The van der Waals surface area contributed by atoms with E-state index in [0.717, 1.165) is 36.1 Å². The Morgan fingerprint density at radius 3 is 2.19 bits per heavy atom. The Kier molecular flexibility index (Phi) is 4.34. The predicted molar refractivity (Wildman–Crippen MR) is 101 cm³/mol. The predicted octanol–water partition coefficient (Wildman–Crippen LogP) is 3.68. The van der Waals surface area contributed by atoms with Gasteiger partial charge in [0.15, 0.2) is 23.0 Å². The summed E-state index contributed by atoms with van der Waals surface area (Å²) in [5.74, 6) is 2.37. The van der Waals surface area contributed by atoms with E-state index in [1.165, 1.54) is 0 Å². The maximum Gasteiger partial charge on any atom is 0.255 e. The molecule has 2 aromatic rings. The number of benzene rings is 2. The molecule has 142 valence electrons. The number of carbonyl (C=O) groups is 1. The average molecular weight is 369 g/mol. The van der Waals surface area contributed by atoms with Crippen LogP contribution in [0.4, 0.5) is 0 Å². The first-order valence-corrected chi connectivity index (χ1v) is 8.96. The van der Waals surface area contributed by atoms with Crippen LogP contribution in [0.3, 0.4) is 0 Å². The van der Waals surface area contributed by atoms with Crippen LogP contribution in [-0.2, 0) is 0 Å². The first-order valence-electron chi connectivity index (χ1n) is 8.96. The summed E-state index contributed by atoms with van der Waals surface area (Å²) in [6.45, 7) is 0.741. The van der Waals surface area contributed by atoms with Gasteiger partial charge in [0.05, 0.1) is 40.0 Å². The van der Waals surface area contributed by atoms with E-state index in [1.807, 2.05) is 23.1 Å². The van der Waals surface area contributed by atoms with Crippen LogP contribution in [-0.4, -0.2) is 45.8 Å². The van der Waals surface area contributed by atoms with Crippen LogP contribution in [0.2, 0.25) is 0 Å². The van der Waals surface area contributed by atoms with Crippen molar-refractivity contribution in [3.63, 3.8) is 0 Å². The Morgan fingerprint density at radius 1 is 0.889 bits per heavy atom. The van der Waals surface area contributed by atoms with E-state index >= 15 is 0 Å². The van der Waals surface area contributed by atoms with Crippen molar-refractivity contribution in [2.45, 2.75) is 18.9 Å². The molecule has 0 saturated carbocycles. The summed E-state index contributed by atoms with van der Waals surface area (Å²) in [4.78, 5) is 15.3. The molecule has 6 nitrogen and oxygen atoms in total. The van der Waals surface area contributed by atoms with Crippen molar-refractivity contribution in [1.29, 1.82) is 0 Å². The van der Waals surface area contributed by atoms with Crippen LogP contribution in [0.5, 0.6) is 23.0 Å². The second kappa shape index (κ2) is 6.68. The Labute approximate surface area is 158 Å². The summed E-state index contributed by atoms with van der Waals surface area (Å²) in [6, 6.07) is 7.59. The molecule has 1 fully saturated rings. The number of nitrogens with zero attached hydrogens (tertiary/aromatic N) is 1. The van der Waals surface area contributed by atoms with E-state index in [2.05, 4.69) is 0 Å². The van der Waals surface area contributed by atoms with Gasteiger partial charge in [-0.05, 0) is 36.6 Å². The molecule has 1 saturated heterocycles. The fourth-order valence-electron chi connectivity index (χ4n) is 4.25. The van der Waals surface area contributed by atoms with E-state index < -0.39 is 0 Å². The molecule has 2 aromatic carbocycles. The number of fused-ring (bicyclic) bond motifs is 5.